The lowest BCUT2D eigenvalue weighted by Crippen LogP contribution is -2.35. The van der Waals surface area contributed by atoms with Gasteiger partial charge in [0.15, 0.2) is 0 Å². The first-order valence-corrected chi connectivity index (χ1v) is 6.77. The van der Waals surface area contributed by atoms with Crippen LogP contribution in [0.25, 0.3) is 0 Å². The van der Waals surface area contributed by atoms with Crippen LogP contribution >= 0.6 is 24.0 Å². The van der Waals surface area contributed by atoms with Gasteiger partial charge in [-0.25, -0.2) is 5.01 Å². The lowest BCUT2D eigenvalue weighted by Gasteiger charge is -2.17. The van der Waals surface area contributed by atoms with Gasteiger partial charge >= 0.3 is 5.97 Å². The Kier molecular flexibility index (Phi) is 5.87. The number of carbonyl (C=O) groups is 2. The van der Waals surface area contributed by atoms with E-state index in [0.717, 1.165) is 9.89 Å². The van der Waals surface area contributed by atoms with E-state index >= 15 is 0 Å². The molecule has 7 heteroatoms. The van der Waals surface area contributed by atoms with E-state index in [4.69, 9.17) is 5.11 Å². The number of thiophene rings is 1. The Labute approximate surface area is 115 Å². The van der Waals surface area contributed by atoms with Gasteiger partial charge in [-0.2, -0.15) is 17.7 Å². The van der Waals surface area contributed by atoms with E-state index in [9.17, 15) is 9.59 Å². The van der Waals surface area contributed by atoms with Gasteiger partial charge < -0.3 is 5.11 Å². The summed E-state index contributed by atoms with van der Waals surface area (Å²) in [6, 6.07) is 3.69. The maximum atomic E-state index is 11.9. The summed E-state index contributed by atoms with van der Waals surface area (Å²) >= 11 is 5.48. The molecule has 1 atom stereocenters. The van der Waals surface area contributed by atoms with Crippen LogP contribution in [0.5, 0.6) is 0 Å². The van der Waals surface area contributed by atoms with Crippen LogP contribution in [0.4, 0.5) is 0 Å². The highest BCUT2D eigenvalue weighted by molar-refractivity contribution is 7.80. The third-order valence-corrected chi connectivity index (χ3v) is 3.46. The monoisotopic (exact) mass is 286 g/mol. The predicted molar refractivity (Wildman–Crippen MR) is 74.3 cm³/mol. The Morgan fingerprint density at radius 2 is 2.39 bits per heavy atom. The molecule has 0 spiro atoms. The van der Waals surface area contributed by atoms with E-state index in [1.165, 1.54) is 17.6 Å². The largest absolute Gasteiger partial charge is 0.480 e. The van der Waals surface area contributed by atoms with E-state index in [2.05, 4.69) is 17.7 Å². The lowest BCUT2D eigenvalue weighted by molar-refractivity contribution is -0.145. The molecular weight excluding hydrogens is 272 g/mol. The highest BCUT2D eigenvalue weighted by Gasteiger charge is 2.20. The van der Waals surface area contributed by atoms with Crippen molar-refractivity contribution in [2.75, 3.05) is 12.3 Å². The summed E-state index contributed by atoms with van der Waals surface area (Å²) < 4.78 is 0. The molecule has 5 nitrogen and oxygen atoms in total. The van der Waals surface area contributed by atoms with Gasteiger partial charge in [-0.05, 0) is 11.4 Å². The second kappa shape index (κ2) is 7.17. The fourth-order valence-electron chi connectivity index (χ4n) is 1.13. The van der Waals surface area contributed by atoms with Gasteiger partial charge in [0, 0.05) is 16.5 Å². The van der Waals surface area contributed by atoms with Crippen molar-refractivity contribution in [1.82, 2.24) is 5.01 Å². The van der Waals surface area contributed by atoms with Gasteiger partial charge in [-0.1, -0.05) is 13.0 Å². The topological polar surface area (TPSA) is 70.0 Å². The number of carbonyl (C=O) groups excluding carboxylic acids is 1. The van der Waals surface area contributed by atoms with Crippen LogP contribution < -0.4 is 0 Å². The smallest absolute Gasteiger partial charge is 0.325 e. The summed E-state index contributed by atoms with van der Waals surface area (Å²) in [6.45, 7) is 1.24. The molecule has 1 rings (SSSR count). The lowest BCUT2D eigenvalue weighted by atomic mass is 10.2. The van der Waals surface area contributed by atoms with Gasteiger partial charge in [0.2, 0.25) is 5.91 Å². The summed E-state index contributed by atoms with van der Waals surface area (Å²) in [6.07, 6.45) is 1.48. The number of hydrogen-bond donors (Lipinski definition) is 2. The predicted octanol–water partition coefficient (Wildman–Crippen LogP) is 1.56. The van der Waals surface area contributed by atoms with E-state index in [0.29, 0.717) is 5.75 Å². The number of carboxylic acid groups (broad SMARTS) is 1. The Hall–Kier alpha value is -1.34. The average Bonchev–Trinajstić information content (AvgIpc) is 2.85. The van der Waals surface area contributed by atoms with Crippen LogP contribution in [-0.2, 0) is 9.59 Å². The molecule has 1 N–H and O–H groups in total. The van der Waals surface area contributed by atoms with Crippen LogP contribution in [-0.4, -0.2) is 40.5 Å². The summed E-state index contributed by atoms with van der Waals surface area (Å²) in [5.74, 6) is -1.46. The average molecular weight is 286 g/mol. The van der Waals surface area contributed by atoms with Crippen LogP contribution in [0.1, 0.15) is 11.8 Å². The summed E-state index contributed by atoms with van der Waals surface area (Å²) in [5.41, 5.74) is 0. The van der Waals surface area contributed by atoms with Gasteiger partial charge in [-0.15, -0.1) is 11.3 Å². The number of hydrazone groups is 1. The molecule has 0 aromatic carbocycles. The number of thiol groups is 1. The van der Waals surface area contributed by atoms with E-state index in [1.54, 1.807) is 6.92 Å². The molecule has 0 saturated carbocycles. The number of carboxylic acids is 1. The second-order valence-electron chi connectivity index (χ2n) is 3.63. The fraction of sp³-hybridized carbons (Fsp3) is 0.364. The molecule has 1 aromatic heterocycles. The van der Waals surface area contributed by atoms with Gasteiger partial charge in [0.05, 0.1) is 6.21 Å². The zero-order valence-corrected chi connectivity index (χ0v) is 11.5. The maximum absolute atomic E-state index is 11.9. The zero-order valence-electron chi connectivity index (χ0n) is 9.81. The fourth-order valence-corrected chi connectivity index (χ4v) is 1.86. The molecule has 1 heterocycles. The molecular formula is C11H14N2O3S2. The summed E-state index contributed by atoms with van der Waals surface area (Å²) in [4.78, 5) is 23.4. The first kappa shape index (κ1) is 14.7. The van der Waals surface area contributed by atoms with Crippen LogP contribution in [0, 0.1) is 5.92 Å². The number of aliphatic carboxylic acids is 1. The Balaban J connectivity index is 2.78. The third-order valence-electron chi connectivity index (χ3n) is 2.10. The number of nitrogens with zero attached hydrogens (tertiary/aromatic N) is 2. The minimum Gasteiger partial charge on any atom is -0.480 e. The molecule has 0 aliphatic heterocycles. The normalized spacial score (nSPS) is 12.6. The highest BCUT2D eigenvalue weighted by Crippen LogP contribution is 2.08. The van der Waals surface area contributed by atoms with E-state index < -0.39 is 12.5 Å². The molecule has 0 saturated heterocycles. The van der Waals surface area contributed by atoms with Gasteiger partial charge in [0.25, 0.3) is 0 Å². The molecule has 0 radical (unpaired) electrons. The van der Waals surface area contributed by atoms with E-state index in [-0.39, 0.29) is 11.8 Å². The number of rotatable bonds is 6. The standard InChI is InChI=1S/C11H14N2O3S2/c1-8(7-17)11(16)13(6-10(14)15)12-5-9-3-2-4-18-9/h2-5,8,17H,6-7H2,1H3,(H,14,15). The van der Waals surface area contributed by atoms with Gasteiger partial charge in [-0.3, -0.25) is 9.59 Å². The molecule has 0 bridgehead atoms. The molecule has 0 fully saturated rings. The maximum Gasteiger partial charge on any atom is 0.325 e. The van der Waals surface area contributed by atoms with Crippen molar-refractivity contribution < 1.29 is 14.7 Å². The first-order chi connectivity index (χ1) is 8.54. The summed E-state index contributed by atoms with van der Waals surface area (Å²) in [7, 11) is 0. The summed E-state index contributed by atoms with van der Waals surface area (Å²) in [5, 5.41) is 15.5. The zero-order chi connectivity index (χ0) is 13.5. The van der Waals surface area contributed by atoms with Crippen LogP contribution in [0.2, 0.25) is 0 Å². The van der Waals surface area contributed by atoms with Crippen molar-refractivity contribution in [2.45, 2.75) is 6.92 Å². The number of hydrogen-bond acceptors (Lipinski definition) is 5. The van der Waals surface area contributed by atoms with Crippen molar-refractivity contribution in [3.63, 3.8) is 0 Å². The minimum atomic E-state index is -1.10. The highest BCUT2D eigenvalue weighted by atomic mass is 32.1. The van der Waals surface area contributed by atoms with Crippen molar-refractivity contribution >= 4 is 42.1 Å². The van der Waals surface area contributed by atoms with Crippen molar-refractivity contribution in [3.8, 4) is 0 Å². The Morgan fingerprint density at radius 3 is 2.89 bits per heavy atom. The molecule has 98 valence electrons. The molecule has 0 aliphatic carbocycles. The Morgan fingerprint density at radius 1 is 1.67 bits per heavy atom. The SMILES string of the molecule is CC(CS)C(=O)N(CC(=O)O)N=Cc1cccs1. The first-order valence-electron chi connectivity index (χ1n) is 5.26. The molecule has 1 amide bonds. The van der Waals surface area contributed by atoms with Crippen molar-refractivity contribution in [3.05, 3.63) is 22.4 Å². The molecule has 1 aromatic rings. The molecule has 1 unspecified atom stereocenters. The molecule has 18 heavy (non-hydrogen) atoms. The van der Waals surface area contributed by atoms with Crippen LogP contribution in [0.3, 0.4) is 0 Å². The van der Waals surface area contributed by atoms with Crippen molar-refractivity contribution in [2.24, 2.45) is 11.0 Å². The van der Waals surface area contributed by atoms with Crippen LogP contribution in [0.15, 0.2) is 22.6 Å². The third kappa shape index (κ3) is 4.50. The molecule has 0 aliphatic rings. The van der Waals surface area contributed by atoms with Gasteiger partial charge in [0.1, 0.15) is 6.54 Å². The van der Waals surface area contributed by atoms with Crippen molar-refractivity contribution in [1.29, 1.82) is 0 Å². The Bertz CT molecular complexity index is 432. The minimum absolute atomic E-state index is 0.347. The quantitative estimate of drug-likeness (QED) is 0.474. The second-order valence-corrected chi connectivity index (χ2v) is 4.98. The number of amides is 1. The van der Waals surface area contributed by atoms with E-state index in [1.807, 2.05) is 17.5 Å².